The lowest BCUT2D eigenvalue weighted by atomic mass is 9.81. The second-order valence-corrected chi connectivity index (χ2v) is 7.81. The zero-order chi connectivity index (χ0) is 18.8. The number of hydrogen-bond donors (Lipinski definition) is 2. The number of rotatable bonds is 5. The molecule has 3 nitrogen and oxygen atoms in total. The van der Waals surface area contributed by atoms with Crippen LogP contribution in [0.2, 0.25) is 0 Å². The van der Waals surface area contributed by atoms with Crippen LogP contribution in [0.15, 0.2) is 61.3 Å². The van der Waals surface area contributed by atoms with Gasteiger partial charge in [0, 0.05) is 42.7 Å². The van der Waals surface area contributed by atoms with Crippen molar-refractivity contribution in [2.75, 3.05) is 29.1 Å². The Morgan fingerprint density at radius 3 is 2.78 bits per heavy atom. The molecule has 0 atom stereocenters. The largest absolute Gasteiger partial charge is 0.382 e. The van der Waals surface area contributed by atoms with Gasteiger partial charge in [0.1, 0.15) is 0 Å². The van der Waals surface area contributed by atoms with Crippen LogP contribution in [0.4, 0.5) is 17.1 Å². The first-order valence-corrected chi connectivity index (χ1v) is 9.95. The van der Waals surface area contributed by atoms with E-state index in [0.717, 1.165) is 47.2 Å². The van der Waals surface area contributed by atoms with E-state index in [-0.39, 0.29) is 0 Å². The molecule has 3 heteroatoms. The molecule has 2 aromatic carbocycles. The third-order valence-electron chi connectivity index (χ3n) is 5.87. The fourth-order valence-electron chi connectivity index (χ4n) is 3.94. The van der Waals surface area contributed by atoms with Gasteiger partial charge in [-0.15, -0.1) is 0 Å². The van der Waals surface area contributed by atoms with E-state index in [2.05, 4.69) is 78.2 Å². The average molecular weight is 360 g/mol. The van der Waals surface area contributed by atoms with Crippen LogP contribution >= 0.6 is 0 Å². The Balaban J connectivity index is 1.58. The van der Waals surface area contributed by atoms with Crippen molar-refractivity contribution >= 4 is 22.8 Å². The van der Waals surface area contributed by atoms with Crippen LogP contribution < -0.4 is 15.5 Å². The van der Waals surface area contributed by atoms with Crippen molar-refractivity contribution in [1.82, 2.24) is 0 Å². The van der Waals surface area contributed by atoms with Crippen LogP contribution in [0.3, 0.4) is 0 Å². The highest BCUT2D eigenvalue weighted by atomic mass is 15.1. The lowest BCUT2D eigenvalue weighted by molar-refractivity contribution is 0.314. The SMILES string of the molecule is C=C1CCNc2c(cccc2C(=C)N(C)c2cccc(CC3CCC3)c2)N1. The zero-order valence-corrected chi connectivity index (χ0v) is 16.2. The molecular formula is C24H29N3. The molecule has 140 valence electrons. The normalized spacial score (nSPS) is 16.4. The van der Waals surface area contributed by atoms with E-state index in [1.807, 2.05) is 0 Å². The average Bonchev–Trinajstić information content (AvgIpc) is 2.84. The first-order valence-electron chi connectivity index (χ1n) is 9.95. The fourth-order valence-corrected chi connectivity index (χ4v) is 3.94. The van der Waals surface area contributed by atoms with Crippen molar-refractivity contribution < 1.29 is 0 Å². The van der Waals surface area contributed by atoms with Crippen LogP contribution in [-0.2, 0) is 6.42 Å². The van der Waals surface area contributed by atoms with Crippen molar-refractivity contribution in [2.45, 2.75) is 32.1 Å². The molecule has 2 aromatic rings. The van der Waals surface area contributed by atoms with Crippen LogP contribution in [0.1, 0.15) is 36.8 Å². The Morgan fingerprint density at radius 1 is 1.19 bits per heavy atom. The van der Waals surface area contributed by atoms with Gasteiger partial charge >= 0.3 is 0 Å². The van der Waals surface area contributed by atoms with Gasteiger partial charge in [0.05, 0.1) is 11.4 Å². The summed E-state index contributed by atoms with van der Waals surface area (Å²) in [4.78, 5) is 2.20. The summed E-state index contributed by atoms with van der Waals surface area (Å²) in [5.41, 5.74) is 7.97. The second kappa shape index (κ2) is 7.51. The molecule has 2 N–H and O–H groups in total. The summed E-state index contributed by atoms with van der Waals surface area (Å²) in [6.45, 7) is 9.38. The molecule has 27 heavy (non-hydrogen) atoms. The van der Waals surface area contributed by atoms with E-state index >= 15 is 0 Å². The number of fused-ring (bicyclic) bond motifs is 1. The van der Waals surface area contributed by atoms with Gasteiger partial charge in [0.2, 0.25) is 0 Å². The summed E-state index contributed by atoms with van der Waals surface area (Å²) < 4.78 is 0. The maximum absolute atomic E-state index is 4.41. The van der Waals surface area contributed by atoms with Gasteiger partial charge < -0.3 is 15.5 Å². The Morgan fingerprint density at radius 2 is 2.00 bits per heavy atom. The highest BCUT2D eigenvalue weighted by Crippen LogP contribution is 2.36. The summed E-state index contributed by atoms with van der Waals surface area (Å²) in [5.74, 6) is 0.877. The first kappa shape index (κ1) is 17.7. The van der Waals surface area contributed by atoms with Crippen molar-refractivity contribution in [3.8, 4) is 0 Å². The van der Waals surface area contributed by atoms with Gasteiger partial charge in [0.25, 0.3) is 0 Å². The summed E-state index contributed by atoms with van der Waals surface area (Å²) in [6.07, 6.45) is 6.27. The minimum atomic E-state index is 0.877. The Kier molecular flexibility index (Phi) is 4.93. The lowest BCUT2D eigenvalue weighted by Crippen LogP contribution is -2.17. The molecule has 0 aromatic heterocycles. The van der Waals surface area contributed by atoms with Crippen LogP contribution in [-0.4, -0.2) is 13.6 Å². The molecule has 0 spiro atoms. The summed E-state index contributed by atoms with van der Waals surface area (Å²) in [6, 6.07) is 15.2. The van der Waals surface area contributed by atoms with E-state index in [0.29, 0.717) is 0 Å². The highest BCUT2D eigenvalue weighted by Gasteiger charge is 2.19. The number of hydrogen-bond acceptors (Lipinski definition) is 3. The topological polar surface area (TPSA) is 27.3 Å². The molecule has 0 bridgehead atoms. The molecule has 4 rings (SSSR count). The molecule has 0 radical (unpaired) electrons. The molecule has 1 heterocycles. The molecule has 1 fully saturated rings. The molecule has 0 amide bonds. The zero-order valence-electron chi connectivity index (χ0n) is 16.2. The third-order valence-corrected chi connectivity index (χ3v) is 5.87. The summed E-state index contributed by atoms with van der Waals surface area (Å²) in [7, 11) is 2.10. The third kappa shape index (κ3) is 3.73. The smallest absolute Gasteiger partial charge is 0.0673 e. The Bertz CT molecular complexity index is 864. The van der Waals surface area contributed by atoms with Crippen LogP contribution in [0.5, 0.6) is 0 Å². The minimum Gasteiger partial charge on any atom is -0.382 e. The van der Waals surface area contributed by atoms with Gasteiger partial charge in [-0.05, 0) is 36.1 Å². The first-order chi connectivity index (χ1) is 13.1. The molecule has 0 unspecified atom stereocenters. The maximum atomic E-state index is 4.41. The van der Waals surface area contributed by atoms with Gasteiger partial charge in [0.15, 0.2) is 0 Å². The van der Waals surface area contributed by atoms with Gasteiger partial charge in [-0.1, -0.05) is 56.7 Å². The van der Waals surface area contributed by atoms with E-state index < -0.39 is 0 Å². The molecule has 1 saturated carbocycles. The monoisotopic (exact) mass is 359 g/mol. The van der Waals surface area contributed by atoms with Crippen molar-refractivity contribution in [2.24, 2.45) is 5.92 Å². The van der Waals surface area contributed by atoms with Gasteiger partial charge in [-0.25, -0.2) is 0 Å². The van der Waals surface area contributed by atoms with Gasteiger partial charge in [-0.2, -0.15) is 0 Å². The number of nitrogens with one attached hydrogen (secondary N) is 2. The molecular weight excluding hydrogens is 330 g/mol. The molecule has 0 saturated heterocycles. The molecule has 1 aliphatic heterocycles. The number of benzene rings is 2. The summed E-state index contributed by atoms with van der Waals surface area (Å²) in [5, 5.41) is 6.98. The lowest BCUT2D eigenvalue weighted by Gasteiger charge is -2.27. The molecule has 1 aliphatic carbocycles. The maximum Gasteiger partial charge on any atom is 0.0673 e. The predicted molar refractivity (Wildman–Crippen MR) is 117 cm³/mol. The minimum absolute atomic E-state index is 0.877. The number of anilines is 3. The van der Waals surface area contributed by atoms with Gasteiger partial charge in [-0.3, -0.25) is 0 Å². The molecule has 2 aliphatic rings. The van der Waals surface area contributed by atoms with E-state index in [1.165, 1.54) is 36.9 Å². The quantitative estimate of drug-likeness (QED) is 0.698. The van der Waals surface area contributed by atoms with E-state index in [1.54, 1.807) is 0 Å². The number of para-hydroxylation sites is 1. The Labute approximate surface area is 162 Å². The predicted octanol–water partition coefficient (Wildman–Crippen LogP) is 5.88. The van der Waals surface area contributed by atoms with E-state index in [4.69, 9.17) is 0 Å². The van der Waals surface area contributed by atoms with Crippen LogP contribution in [0.25, 0.3) is 5.70 Å². The second-order valence-electron chi connectivity index (χ2n) is 7.81. The highest BCUT2D eigenvalue weighted by molar-refractivity contribution is 5.89. The van der Waals surface area contributed by atoms with Crippen molar-refractivity contribution in [3.63, 3.8) is 0 Å². The summed E-state index contributed by atoms with van der Waals surface area (Å²) >= 11 is 0. The number of nitrogens with zero attached hydrogens (tertiary/aromatic N) is 1. The van der Waals surface area contributed by atoms with Crippen molar-refractivity contribution in [1.29, 1.82) is 0 Å². The Hall–Kier alpha value is -2.68. The standard InChI is InChI=1S/C24H29N3/c1-17-13-14-25-24-22(11-6-12-23(24)26-17)18(2)27(3)21-10-5-9-20(16-21)15-19-7-4-8-19/h5-6,9-12,16,19,25-26H,1-2,4,7-8,13-15H2,3H3. The van der Waals surface area contributed by atoms with Crippen molar-refractivity contribution in [3.05, 3.63) is 72.4 Å². The fraction of sp³-hybridized carbons (Fsp3) is 0.333. The van der Waals surface area contributed by atoms with E-state index in [9.17, 15) is 0 Å². The van der Waals surface area contributed by atoms with Crippen LogP contribution in [0, 0.1) is 5.92 Å².